The zero-order chi connectivity index (χ0) is 20.6. The smallest absolute Gasteiger partial charge is 0.255 e. The van der Waals surface area contributed by atoms with Crippen LogP contribution in [0.3, 0.4) is 0 Å². The summed E-state index contributed by atoms with van der Waals surface area (Å²) in [4.78, 5) is 12.8. The molecule has 150 valence electrons. The third kappa shape index (κ3) is 5.42. The zero-order valence-electron chi connectivity index (χ0n) is 16.3. The van der Waals surface area contributed by atoms with E-state index < -0.39 is 0 Å². The zero-order valence-corrected chi connectivity index (χ0v) is 17.0. The molecular weight excluding hydrogens is 390 g/mol. The summed E-state index contributed by atoms with van der Waals surface area (Å²) in [6.07, 6.45) is 0. The minimum absolute atomic E-state index is 0.243. The molecule has 1 N–H and O–H groups in total. The van der Waals surface area contributed by atoms with E-state index in [2.05, 4.69) is 5.32 Å². The molecule has 0 unspecified atom stereocenters. The number of para-hydroxylation sites is 2. The van der Waals surface area contributed by atoms with E-state index in [4.69, 9.17) is 25.8 Å². The van der Waals surface area contributed by atoms with Crippen LogP contribution in [0.25, 0.3) is 0 Å². The molecule has 3 aromatic carbocycles. The monoisotopic (exact) mass is 411 g/mol. The van der Waals surface area contributed by atoms with Gasteiger partial charge in [0.2, 0.25) is 0 Å². The van der Waals surface area contributed by atoms with Crippen molar-refractivity contribution in [3.8, 4) is 17.2 Å². The van der Waals surface area contributed by atoms with Crippen LogP contribution in [0.2, 0.25) is 5.02 Å². The van der Waals surface area contributed by atoms with E-state index in [1.807, 2.05) is 25.1 Å². The largest absolute Gasteiger partial charge is 0.496 e. The SMILES string of the molecule is CCOc1ccccc1NC(=O)c1ccc(OC)c(COc2ccc(Cl)cc2)c1. The highest BCUT2D eigenvalue weighted by Crippen LogP contribution is 2.26. The van der Waals surface area contributed by atoms with Crippen molar-refractivity contribution in [2.45, 2.75) is 13.5 Å². The Kier molecular flexibility index (Phi) is 6.98. The molecule has 0 aliphatic rings. The van der Waals surface area contributed by atoms with Crippen LogP contribution < -0.4 is 19.5 Å². The van der Waals surface area contributed by atoms with Crippen molar-refractivity contribution in [1.29, 1.82) is 0 Å². The Bertz CT molecular complexity index is 973. The van der Waals surface area contributed by atoms with Gasteiger partial charge in [-0.2, -0.15) is 0 Å². The molecule has 0 heterocycles. The lowest BCUT2D eigenvalue weighted by Crippen LogP contribution is -2.13. The van der Waals surface area contributed by atoms with Crippen LogP contribution >= 0.6 is 11.6 Å². The minimum atomic E-state index is -0.243. The van der Waals surface area contributed by atoms with Crippen molar-refractivity contribution >= 4 is 23.2 Å². The van der Waals surface area contributed by atoms with E-state index in [1.54, 1.807) is 55.6 Å². The van der Waals surface area contributed by atoms with Gasteiger partial charge in [-0.1, -0.05) is 23.7 Å². The third-order valence-electron chi connectivity index (χ3n) is 4.19. The maximum absolute atomic E-state index is 12.8. The fourth-order valence-electron chi connectivity index (χ4n) is 2.77. The van der Waals surface area contributed by atoms with Crippen LogP contribution in [0.1, 0.15) is 22.8 Å². The second kappa shape index (κ2) is 9.85. The number of hydrogen-bond donors (Lipinski definition) is 1. The number of carbonyl (C=O) groups excluding carboxylic acids is 1. The molecule has 0 radical (unpaired) electrons. The molecule has 0 atom stereocenters. The summed E-state index contributed by atoms with van der Waals surface area (Å²) in [7, 11) is 1.58. The maximum Gasteiger partial charge on any atom is 0.255 e. The van der Waals surface area contributed by atoms with Gasteiger partial charge in [0.15, 0.2) is 0 Å². The predicted octanol–water partition coefficient (Wildman–Crippen LogP) is 5.58. The molecule has 3 rings (SSSR count). The molecule has 0 saturated carbocycles. The molecule has 1 amide bonds. The van der Waals surface area contributed by atoms with E-state index in [9.17, 15) is 4.79 Å². The van der Waals surface area contributed by atoms with Crippen LogP contribution in [0, 0.1) is 0 Å². The van der Waals surface area contributed by atoms with Gasteiger partial charge in [-0.05, 0) is 61.5 Å². The molecule has 0 spiro atoms. The maximum atomic E-state index is 12.8. The van der Waals surface area contributed by atoms with Gasteiger partial charge >= 0.3 is 0 Å². The number of ether oxygens (including phenoxy) is 3. The molecule has 5 nitrogen and oxygen atoms in total. The van der Waals surface area contributed by atoms with Crippen molar-refractivity contribution in [1.82, 2.24) is 0 Å². The number of rotatable bonds is 8. The first-order chi connectivity index (χ1) is 14.1. The second-order valence-corrected chi connectivity index (χ2v) is 6.59. The Labute approximate surface area is 175 Å². The average Bonchev–Trinajstić information content (AvgIpc) is 2.74. The molecule has 29 heavy (non-hydrogen) atoms. The lowest BCUT2D eigenvalue weighted by molar-refractivity contribution is 0.102. The molecule has 0 aliphatic carbocycles. The van der Waals surface area contributed by atoms with Gasteiger partial charge in [0.05, 0.1) is 19.4 Å². The standard InChI is InChI=1S/C23H22ClNO4/c1-3-28-22-7-5-4-6-20(22)25-23(26)16-8-13-21(27-2)17(14-16)15-29-19-11-9-18(24)10-12-19/h4-14H,3,15H2,1-2H3,(H,25,26). The highest BCUT2D eigenvalue weighted by atomic mass is 35.5. The average molecular weight is 412 g/mol. The van der Waals surface area contributed by atoms with E-state index >= 15 is 0 Å². The third-order valence-corrected chi connectivity index (χ3v) is 4.44. The molecular formula is C23H22ClNO4. The summed E-state index contributed by atoms with van der Waals surface area (Å²) in [6, 6.07) is 19.6. The van der Waals surface area contributed by atoms with Gasteiger partial charge in [-0.3, -0.25) is 4.79 Å². The van der Waals surface area contributed by atoms with E-state index in [-0.39, 0.29) is 12.5 Å². The predicted molar refractivity (Wildman–Crippen MR) is 114 cm³/mol. The number of nitrogens with one attached hydrogen (secondary N) is 1. The molecule has 3 aromatic rings. The normalized spacial score (nSPS) is 10.3. The summed E-state index contributed by atoms with van der Waals surface area (Å²) >= 11 is 5.90. The molecule has 0 aliphatic heterocycles. The lowest BCUT2D eigenvalue weighted by Gasteiger charge is -2.14. The fourth-order valence-corrected chi connectivity index (χ4v) is 2.90. The van der Waals surface area contributed by atoms with Gasteiger partial charge < -0.3 is 19.5 Å². The highest BCUT2D eigenvalue weighted by molar-refractivity contribution is 6.30. The Balaban J connectivity index is 1.76. The fraction of sp³-hybridized carbons (Fsp3) is 0.174. The topological polar surface area (TPSA) is 56.8 Å². The summed E-state index contributed by atoms with van der Waals surface area (Å²) in [5, 5.41) is 3.54. The molecule has 0 saturated heterocycles. The lowest BCUT2D eigenvalue weighted by atomic mass is 10.1. The van der Waals surface area contributed by atoms with Gasteiger partial charge in [-0.25, -0.2) is 0 Å². The molecule has 6 heteroatoms. The number of carbonyl (C=O) groups is 1. The quantitative estimate of drug-likeness (QED) is 0.525. The second-order valence-electron chi connectivity index (χ2n) is 6.15. The Morgan fingerprint density at radius 2 is 1.72 bits per heavy atom. The van der Waals surface area contributed by atoms with Gasteiger partial charge in [0.25, 0.3) is 5.91 Å². The van der Waals surface area contributed by atoms with Crippen LogP contribution in [-0.2, 0) is 6.61 Å². The first-order valence-corrected chi connectivity index (χ1v) is 9.57. The van der Waals surface area contributed by atoms with Gasteiger partial charge in [0, 0.05) is 16.1 Å². The van der Waals surface area contributed by atoms with Crippen LogP contribution in [0.5, 0.6) is 17.2 Å². The van der Waals surface area contributed by atoms with E-state index in [1.165, 1.54) is 0 Å². The summed E-state index contributed by atoms with van der Waals surface area (Å²) in [5.41, 5.74) is 1.87. The number of methoxy groups -OCH3 is 1. The first-order valence-electron chi connectivity index (χ1n) is 9.19. The van der Waals surface area contributed by atoms with E-state index in [0.29, 0.717) is 40.1 Å². The summed E-state index contributed by atoms with van der Waals surface area (Å²) in [5.74, 6) is 1.71. The highest BCUT2D eigenvalue weighted by Gasteiger charge is 2.13. The van der Waals surface area contributed by atoms with Gasteiger partial charge in [0.1, 0.15) is 23.9 Å². The van der Waals surface area contributed by atoms with Crippen LogP contribution in [-0.4, -0.2) is 19.6 Å². The molecule has 0 fully saturated rings. The minimum Gasteiger partial charge on any atom is -0.496 e. The van der Waals surface area contributed by atoms with Crippen molar-refractivity contribution in [2.75, 3.05) is 19.0 Å². The summed E-state index contributed by atoms with van der Waals surface area (Å²) in [6.45, 7) is 2.66. The molecule has 0 aromatic heterocycles. The number of anilines is 1. The molecule has 0 bridgehead atoms. The van der Waals surface area contributed by atoms with Crippen molar-refractivity contribution in [3.63, 3.8) is 0 Å². The van der Waals surface area contributed by atoms with E-state index in [0.717, 1.165) is 5.56 Å². The van der Waals surface area contributed by atoms with Gasteiger partial charge in [-0.15, -0.1) is 0 Å². The number of amides is 1. The number of hydrogen-bond acceptors (Lipinski definition) is 4. The number of halogens is 1. The Hall–Kier alpha value is -3.18. The Morgan fingerprint density at radius 1 is 0.966 bits per heavy atom. The van der Waals surface area contributed by atoms with Crippen molar-refractivity contribution in [2.24, 2.45) is 0 Å². The number of benzene rings is 3. The summed E-state index contributed by atoms with van der Waals surface area (Å²) < 4.78 is 16.8. The first kappa shape index (κ1) is 20.6. The van der Waals surface area contributed by atoms with Crippen LogP contribution in [0.4, 0.5) is 5.69 Å². The Morgan fingerprint density at radius 3 is 2.45 bits per heavy atom. The van der Waals surface area contributed by atoms with Crippen molar-refractivity contribution < 1.29 is 19.0 Å². The van der Waals surface area contributed by atoms with Crippen molar-refractivity contribution in [3.05, 3.63) is 82.9 Å². The van der Waals surface area contributed by atoms with Crippen LogP contribution in [0.15, 0.2) is 66.7 Å².